The van der Waals surface area contributed by atoms with Gasteiger partial charge in [0.25, 0.3) is 0 Å². The fraction of sp³-hybridized carbons (Fsp3) is 0.300. The highest BCUT2D eigenvalue weighted by Gasteiger charge is 2.19. The Balaban J connectivity index is 2.29. The van der Waals surface area contributed by atoms with E-state index >= 15 is 0 Å². The molecule has 0 bridgehead atoms. The standard InChI is InChI=1S/C10H12N6O3/c1-6(9-13-14-10(17)15(9)2)12-8-7(16(18)19)4-3-5-11-8/h3-6H,1-2H3,(H,11,12)(H,14,17)/t6-/m1/s1. The first-order valence-corrected chi connectivity index (χ1v) is 5.48. The van der Waals surface area contributed by atoms with Gasteiger partial charge in [-0.3, -0.25) is 14.7 Å². The van der Waals surface area contributed by atoms with Gasteiger partial charge in [-0.1, -0.05) is 0 Å². The van der Waals surface area contributed by atoms with Crippen LogP contribution in [0.5, 0.6) is 0 Å². The number of nitro groups is 1. The summed E-state index contributed by atoms with van der Waals surface area (Å²) in [7, 11) is 1.56. The minimum atomic E-state index is -0.522. The van der Waals surface area contributed by atoms with Crippen LogP contribution < -0.4 is 11.0 Å². The molecule has 0 radical (unpaired) electrons. The van der Waals surface area contributed by atoms with Gasteiger partial charge in [0.2, 0.25) is 5.82 Å². The van der Waals surface area contributed by atoms with Crippen molar-refractivity contribution in [3.8, 4) is 0 Å². The summed E-state index contributed by atoms with van der Waals surface area (Å²) in [5.74, 6) is 0.570. The third-order valence-electron chi connectivity index (χ3n) is 2.64. The molecule has 2 N–H and O–H groups in total. The number of hydrogen-bond acceptors (Lipinski definition) is 6. The summed E-state index contributed by atoms with van der Waals surface area (Å²) >= 11 is 0. The minimum Gasteiger partial charge on any atom is -0.355 e. The van der Waals surface area contributed by atoms with E-state index in [-0.39, 0.29) is 17.2 Å². The van der Waals surface area contributed by atoms with Crippen LogP contribution >= 0.6 is 0 Å². The zero-order valence-corrected chi connectivity index (χ0v) is 10.3. The van der Waals surface area contributed by atoms with Crippen LogP contribution in [-0.2, 0) is 7.05 Å². The number of hydrogen-bond donors (Lipinski definition) is 2. The lowest BCUT2D eigenvalue weighted by molar-refractivity contribution is -0.384. The summed E-state index contributed by atoms with van der Waals surface area (Å²) < 4.78 is 1.33. The number of anilines is 1. The van der Waals surface area contributed by atoms with Crippen molar-refractivity contribution in [1.82, 2.24) is 19.7 Å². The topological polar surface area (TPSA) is 119 Å². The average Bonchev–Trinajstić information content (AvgIpc) is 2.70. The van der Waals surface area contributed by atoms with Crippen molar-refractivity contribution in [2.75, 3.05) is 5.32 Å². The molecule has 2 aromatic heterocycles. The second-order valence-corrected chi connectivity index (χ2v) is 3.94. The van der Waals surface area contributed by atoms with Crippen LogP contribution in [0.25, 0.3) is 0 Å². The van der Waals surface area contributed by atoms with Crippen LogP contribution in [0, 0.1) is 10.1 Å². The van der Waals surface area contributed by atoms with Crippen molar-refractivity contribution in [3.63, 3.8) is 0 Å². The van der Waals surface area contributed by atoms with E-state index < -0.39 is 11.0 Å². The summed E-state index contributed by atoms with van der Waals surface area (Å²) in [5.41, 5.74) is -0.478. The van der Waals surface area contributed by atoms with Crippen LogP contribution in [0.2, 0.25) is 0 Å². The van der Waals surface area contributed by atoms with Crippen LogP contribution in [0.15, 0.2) is 23.1 Å². The van der Waals surface area contributed by atoms with Gasteiger partial charge in [0.05, 0.1) is 11.0 Å². The molecule has 0 aliphatic heterocycles. The molecule has 0 amide bonds. The molecule has 2 rings (SSSR count). The molecule has 0 aliphatic carbocycles. The molecule has 0 saturated carbocycles. The Kier molecular flexibility index (Phi) is 3.27. The van der Waals surface area contributed by atoms with Crippen LogP contribution in [-0.4, -0.2) is 24.7 Å². The highest BCUT2D eigenvalue weighted by Crippen LogP contribution is 2.24. The first-order chi connectivity index (χ1) is 9.00. The van der Waals surface area contributed by atoms with E-state index in [9.17, 15) is 14.9 Å². The van der Waals surface area contributed by atoms with Gasteiger partial charge >= 0.3 is 11.4 Å². The van der Waals surface area contributed by atoms with Crippen LogP contribution in [0.3, 0.4) is 0 Å². The van der Waals surface area contributed by atoms with Gasteiger partial charge in [-0.25, -0.2) is 14.9 Å². The quantitative estimate of drug-likeness (QED) is 0.616. The van der Waals surface area contributed by atoms with Gasteiger partial charge in [0.1, 0.15) is 0 Å². The largest absolute Gasteiger partial charge is 0.355 e. The van der Waals surface area contributed by atoms with Crippen LogP contribution in [0.1, 0.15) is 18.8 Å². The predicted molar refractivity (Wildman–Crippen MR) is 66.8 cm³/mol. The summed E-state index contributed by atoms with van der Waals surface area (Å²) in [4.78, 5) is 25.5. The van der Waals surface area contributed by atoms with E-state index in [2.05, 4.69) is 20.5 Å². The smallest absolute Gasteiger partial charge is 0.343 e. The second-order valence-electron chi connectivity index (χ2n) is 3.94. The number of nitrogens with one attached hydrogen (secondary N) is 2. The molecule has 0 aliphatic rings. The molecule has 0 fully saturated rings. The number of aromatic amines is 1. The van der Waals surface area contributed by atoms with E-state index in [0.717, 1.165) is 0 Å². The molecule has 0 saturated heterocycles. The maximum atomic E-state index is 11.3. The molecule has 9 heteroatoms. The SMILES string of the molecule is C[C@@H](Nc1ncccc1[N+](=O)[O-])c1n[nH]c(=O)n1C. The third kappa shape index (κ3) is 2.44. The van der Waals surface area contributed by atoms with Gasteiger partial charge < -0.3 is 5.32 Å². The Morgan fingerprint density at radius 2 is 2.32 bits per heavy atom. The van der Waals surface area contributed by atoms with Gasteiger partial charge in [-0.2, -0.15) is 5.10 Å². The highest BCUT2D eigenvalue weighted by molar-refractivity contribution is 5.55. The first kappa shape index (κ1) is 12.7. The molecule has 0 aromatic carbocycles. The molecule has 2 heterocycles. The highest BCUT2D eigenvalue weighted by atomic mass is 16.6. The monoisotopic (exact) mass is 264 g/mol. The maximum absolute atomic E-state index is 11.3. The second kappa shape index (κ2) is 4.88. The number of pyridine rings is 1. The van der Waals surface area contributed by atoms with Crippen LogP contribution in [0.4, 0.5) is 11.5 Å². The van der Waals surface area contributed by atoms with Gasteiger partial charge in [-0.05, 0) is 13.0 Å². The Labute approximate surface area is 107 Å². The van der Waals surface area contributed by atoms with Gasteiger partial charge in [0.15, 0.2) is 5.82 Å². The number of nitrogens with zero attached hydrogens (tertiary/aromatic N) is 4. The Bertz CT molecular complexity index is 661. The normalized spacial score (nSPS) is 12.1. The summed E-state index contributed by atoms with van der Waals surface area (Å²) in [6.45, 7) is 1.73. The average molecular weight is 264 g/mol. The Morgan fingerprint density at radius 1 is 1.58 bits per heavy atom. The summed E-state index contributed by atoms with van der Waals surface area (Å²) in [6, 6.07) is 2.43. The molecule has 100 valence electrons. The molecule has 2 aromatic rings. The number of H-pyrrole nitrogens is 1. The molecule has 0 spiro atoms. The summed E-state index contributed by atoms with van der Waals surface area (Å²) in [5, 5.41) is 19.9. The Morgan fingerprint density at radius 3 is 2.89 bits per heavy atom. The number of rotatable bonds is 4. The lowest BCUT2D eigenvalue weighted by Gasteiger charge is -2.12. The van der Waals surface area contributed by atoms with Crippen molar-refractivity contribution in [2.45, 2.75) is 13.0 Å². The van der Waals surface area contributed by atoms with E-state index in [4.69, 9.17) is 0 Å². The lowest BCUT2D eigenvalue weighted by Crippen LogP contribution is -2.19. The lowest BCUT2D eigenvalue weighted by atomic mass is 10.3. The van der Waals surface area contributed by atoms with E-state index in [1.807, 2.05) is 0 Å². The zero-order chi connectivity index (χ0) is 14.0. The first-order valence-electron chi connectivity index (χ1n) is 5.48. The Hall–Kier alpha value is -2.71. The molecule has 19 heavy (non-hydrogen) atoms. The van der Waals surface area contributed by atoms with E-state index in [1.165, 1.54) is 22.9 Å². The van der Waals surface area contributed by atoms with Crippen molar-refractivity contribution in [3.05, 3.63) is 44.8 Å². The van der Waals surface area contributed by atoms with Gasteiger partial charge in [0, 0.05) is 19.3 Å². The molecular formula is C10H12N6O3. The van der Waals surface area contributed by atoms with E-state index in [0.29, 0.717) is 5.82 Å². The van der Waals surface area contributed by atoms with Crippen molar-refractivity contribution >= 4 is 11.5 Å². The summed E-state index contributed by atoms with van der Waals surface area (Å²) in [6.07, 6.45) is 1.45. The fourth-order valence-electron chi connectivity index (χ4n) is 1.67. The maximum Gasteiger partial charge on any atom is 0.343 e. The zero-order valence-electron chi connectivity index (χ0n) is 10.3. The van der Waals surface area contributed by atoms with Crippen molar-refractivity contribution in [2.24, 2.45) is 7.05 Å². The minimum absolute atomic E-state index is 0.130. The van der Waals surface area contributed by atoms with Gasteiger partial charge in [-0.15, -0.1) is 0 Å². The molecular weight excluding hydrogens is 252 g/mol. The molecule has 1 atom stereocenters. The number of aromatic nitrogens is 4. The van der Waals surface area contributed by atoms with E-state index in [1.54, 1.807) is 14.0 Å². The third-order valence-corrected chi connectivity index (χ3v) is 2.64. The predicted octanol–water partition coefficient (Wildman–Crippen LogP) is 0.585. The molecule has 9 nitrogen and oxygen atoms in total. The van der Waals surface area contributed by atoms with Crippen molar-refractivity contribution in [1.29, 1.82) is 0 Å². The molecule has 0 unspecified atom stereocenters. The van der Waals surface area contributed by atoms with Crippen molar-refractivity contribution < 1.29 is 4.92 Å². The fourth-order valence-corrected chi connectivity index (χ4v) is 1.67.